The van der Waals surface area contributed by atoms with Crippen molar-refractivity contribution in [3.63, 3.8) is 0 Å². The van der Waals surface area contributed by atoms with E-state index in [1.54, 1.807) is 24.3 Å². The molecule has 2 aromatic carbocycles. The van der Waals surface area contributed by atoms with Crippen molar-refractivity contribution in [1.29, 1.82) is 5.26 Å². The zero-order chi connectivity index (χ0) is 17.1. The second kappa shape index (κ2) is 6.26. The van der Waals surface area contributed by atoms with Crippen molar-refractivity contribution in [3.8, 4) is 17.5 Å². The van der Waals surface area contributed by atoms with Crippen LogP contribution in [0, 0.1) is 17.1 Å². The quantitative estimate of drug-likeness (QED) is 0.782. The van der Waals surface area contributed by atoms with Crippen molar-refractivity contribution in [1.82, 2.24) is 20.2 Å². The lowest BCUT2D eigenvalue weighted by Crippen LogP contribution is -2.10. The molecule has 1 heterocycles. The molecule has 0 aliphatic carbocycles. The van der Waals surface area contributed by atoms with E-state index in [1.807, 2.05) is 6.07 Å². The summed E-state index contributed by atoms with van der Waals surface area (Å²) in [6, 6.07) is 12.5. The van der Waals surface area contributed by atoms with E-state index >= 15 is 0 Å². The fourth-order valence-corrected chi connectivity index (χ4v) is 2.11. The van der Waals surface area contributed by atoms with Gasteiger partial charge in [-0.2, -0.15) is 10.1 Å². The molecule has 0 spiro atoms. The maximum Gasteiger partial charge on any atom is 0.248 e. The first-order valence-electron chi connectivity index (χ1n) is 6.93. The van der Waals surface area contributed by atoms with Gasteiger partial charge in [0.2, 0.25) is 11.7 Å². The standard InChI is InChI=1S/C16H11FN6O/c17-14-7-10(8-18)1-2-13(14)9-23-21-16(20-22-23)12-5-3-11(4-6-12)15(19)24/h1-7H,9H2,(H2,19,24). The minimum atomic E-state index is -0.519. The van der Waals surface area contributed by atoms with E-state index in [2.05, 4.69) is 15.4 Å². The van der Waals surface area contributed by atoms with Gasteiger partial charge in [-0.1, -0.05) is 18.2 Å². The molecule has 3 aromatic rings. The van der Waals surface area contributed by atoms with Crippen LogP contribution in [0.3, 0.4) is 0 Å². The van der Waals surface area contributed by atoms with Crippen LogP contribution in [-0.2, 0) is 6.54 Å². The van der Waals surface area contributed by atoms with Crippen molar-refractivity contribution in [2.75, 3.05) is 0 Å². The number of benzene rings is 2. The number of tetrazole rings is 1. The lowest BCUT2D eigenvalue weighted by molar-refractivity contribution is 0.100. The van der Waals surface area contributed by atoms with Gasteiger partial charge in [0.15, 0.2) is 0 Å². The highest BCUT2D eigenvalue weighted by Crippen LogP contribution is 2.15. The first-order chi connectivity index (χ1) is 11.6. The summed E-state index contributed by atoms with van der Waals surface area (Å²) in [4.78, 5) is 12.3. The predicted molar refractivity (Wildman–Crippen MR) is 82.0 cm³/mol. The van der Waals surface area contributed by atoms with E-state index in [4.69, 9.17) is 11.0 Å². The molecule has 8 heteroatoms. The summed E-state index contributed by atoms with van der Waals surface area (Å²) in [5, 5.41) is 20.7. The van der Waals surface area contributed by atoms with Crippen LogP contribution >= 0.6 is 0 Å². The summed E-state index contributed by atoms with van der Waals surface area (Å²) in [5.41, 5.74) is 6.82. The fourth-order valence-electron chi connectivity index (χ4n) is 2.11. The lowest BCUT2D eigenvalue weighted by atomic mass is 10.1. The van der Waals surface area contributed by atoms with Crippen LogP contribution in [0.15, 0.2) is 42.5 Å². The molecule has 1 amide bonds. The van der Waals surface area contributed by atoms with Gasteiger partial charge in [0.05, 0.1) is 18.2 Å². The van der Waals surface area contributed by atoms with Gasteiger partial charge in [-0.15, -0.1) is 10.2 Å². The third-order valence-corrected chi connectivity index (χ3v) is 3.37. The zero-order valence-corrected chi connectivity index (χ0v) is 12.3. The van der Waals surface area contributed by atoms with Gasteiger partial charge < -0.3 is 5.73 Å². The molecule has 1 aromatic heterocycles. The number of carbonyl (C=O) groups excluding carboxylic acids is 1. The molecule has 0 saturated heterocycles. The number of nitriles is 1. The molecule has 0 saturated carbocycles. The highest BCUT2D eigenvalue weighted by molar-refractivity contribution is 5.93. The molecule has 24 heavy (non-hydrogen) atoms. The monoisotopic (exact) mass is 322 g/mol. The summed E-state index contributed by atoms with van der Waals surface area (Å²) >= 11 is 0. The Morgan fingerprint density at radius 1 is 1.25 bits per heavy atom. The van der Waals surface area contributed by atoms with Crippen LogP contribution in [-0.4, -0.2) is 26.1 Å². The van der Waals surface area contributed by atoms with Gasteiger partial charge in [-0.05, 0) is 29.5 Å². The number of halogens is 1. The van der Waals surface area contributed by atoms with E-state index in [1.165, 1.54) is 16.9 Å². The Morgan fingerprint density at radius 3 is 2.62 bits per heavy atom. The summed E-state index contributed by atoms with van der Waals surface area (Å²) < 4.78 is 13.9. The Bertz CT molecular complexity index is 942. The smallest absolute Gasteiger partial charge is 0.248 e. The minimum absolute atomic E-state index is 0.0872. The number of primary amides is 1. The number of nitrogens with zero attached hydrogens (tertiary/aromatic N) is 5. The fraction of sp³-hybridized carbons (Fsp3) is 0.0625. The first-order valence-corrected chi connectivity index (χ1v) is 6.93. The van der Waals surface area contributed by atoms with E-state index in [9.17, 15) is 9.18 Å². The first kappa shape index (κ1) is 15.3. The van der Waals surface area contributed by atoms with Crippen LogP contribution in [0.5, 0.6) is 0 Å². The molecule has 0 bridgehead atoms. The number of carbonyl (C=O) groups is 1. The van der Waals surface area contributed by atoms with Gasteiger partial charge in [0.25, 0.3) is 0 Å². The van der Waals surface area contributed by atoms with Crippen molar-refractivity contribution in [2.45, 2.75) is 6.54 Å². The van der Waals surface area contributed by atoms with Crippen molar-refractivity contribution in [2.24, 2.45) is 5.73 Å². The maximum atomic E-state index is 13.9. The number of nitrogens with two attached hydrogens (primary N) is 1. The van der Waals surface area contributed by atoms with Crippen molar-refractivity contribution in [3.05, 3.63) is 65.0 Å². The summed E-state index contributed by atoms with van der Waals surface area (Å²) in [6.07, 6.45) is 0. The number of amides is 1. The van der Waals surface area contributed by atoms with Crippen LogP contribution in [0.25, 0.3) is 11.4 Å². The Labute approximate surface area is 136 Å². The highest BCUT2D eigenvalue weighted by Gasteiger charge is 2.10. The topological polar surface area (TPSA) is 110 Å². The molecule has 3 rings (SSSR count). The Balaban J connectivity index is 1.81. The summed E-state index contributed by atoms with van der Waals surface area (Å²) in [5.74, 6) is -0.673. The normalized spacial score (nSPS) is 10.3. The summed E-state index contributed by atoms with van der Waals surface area (Å²) in [6.45, 7) is 0.0872. The highest BCUT2D eigenvalue weighted by atomic mass is 19.1. The second-order valence-corrected chi connectivity index (χ2v) is 5.00. The van der Waals surface area contributed by atoms with Gasteiger partial charge in [-0.25, -0.2) is 4.39 Å². The third kappa shape index (κ3) is 3.10. The predicted octanol–water partition coefficient (Wildman–Crippen LogP) is 1.50. The second-order valence-electron chi connectivity index (χ2n) is 5.00. The van der Waals surface area contributed by atoms with Crippen LogP contribution < -0.4 is 5.73 Å². The molecule has 118 valence electrons. The molecular formula is C16H11FN6O. The Morgan fingerprint density at radius 2 is 2.00 bits per heavy atom. The molecule has 2 N–H and O–H groups in total. The van der Waals surface area contributed by atoms with Crippen LogP contribution in [0.1, 0.15) is 21.5 Å². The van der Waals surface area contributed by atoms with Gasteiger partial charge in [0, 0.05) is 16.7 Å². The molecule has 0 aliphatic rings. The Kier molecular flexibility index (Phi) is 3.99. The van der Waals surface area contributed by atoms with Crippen LogP contribution in [0.4, 0.5) is 4.39 Å². The number of aromatic nitrogens is 4. The largest absolute Gasteiger partial charge is 0.366 e. The lowest BCUT2D eigenvalue weighted by Gasteiger charge is -2.02. The molecule has 0 fully saturated rings. The van der Waals surface area contributed by atoms with Gasteiger partial charge in [0.1, 0.15) is 5.82 Å². The molecule has 0 radical (unpaired) electrons. The SMILES string of the molecule is N#Cc1ccc(Cn2nnc(-c3ccc(C(N)=O)cc3)n2)c(F)c1. The average molecular weight is 322 g/mol. The summed E-state index contributed by atoms with van der Waals surface area (Å²) in [7, 11) is 0. The van der Waals surface area contributed by atoms with Crippen molar-refractivity contribution >= 4 is 5.91 Å². The maximum absolute atomic E-state index is 13.9. The van der Waals surface area contributed by atoms with Gasteiger partial charge in [-0.3, -0.25) is 4.79 Å². The zero-order valence-electron chi connectivity index (χ0n) is 12.3. The molecule has 7 nitrogen and oxygen atoms in total. The van der Waals surface area contributed by atoms with Gasteiger partial charge >= 0.3 is 0 Å². The molecular weight excluding hydrogens is 311 g/mol. The Hall–Kier alpha value is -3.60. The average Bonchev–Trinajstić information content (AvgIpc) is 3.05. The molecule has 0 atom stereocenters. The van der Waals surface area contributed by atoms with Crippen LogP contribution in [0.2, 0.25) is 0 Å². The third-order valence-electron chi connectivity index (χ3n) is 3.37. The molecule has 0 aliphatic heterocycles. The minimum Gasteiger partial charge on any atom is -0.366 e. The number of hydrogen-bond donors (Lipinski definition) is 1. The number of hydrogen-bond acceptors (Lipinski definition) is 5. The van der Waals surface area contributed by atoms with E-state index in [0.717, 1.165) is 6.07 Å². The molecule has 0 unspecified atom stereocenters. The van der Waals surface area contributed by atoms with E-state index in [0.29, 0.717) is 22.5 Å². The van der Waals surface area contributed by atoms with E-state index < -0.39 is 11.7 Å². The van der Waals surface area contributed by atoms with Crippen molar-refractivity contribution < 1.29 is 9.18 Å². The number of rotatable bonds is 4. The van der Waals surface area contributed by atoms with E-state index in [-0.39, 0.29) is 12.1 Å².